The molecular weight excluding hydrogens is 496 g/mol. The number of halogens is 2. The molecule has 0 aromatic heterocycles. The summed E-state index contributed by atoms with van der Waals surface area (Å²) in [5.74, 6) is 0.878. The Hall–Kier alpha value is -1.06. The molecular formula is C20H20BrClN2O3S2. The number of nitrogens with zero attached hydrogens (tertiary/aromatic N) is 2. The molecule has 1 amide bonds. The molecule has 29 heavy (non-hydrogen) atoms. The van der Waals surface area contributed by atoms with Crippen LogP contribution >= 0.6 is 39.3 Å². The monoisotopic (exact) mass is 514 g/mol. The summed E-state index contributed by atoms with van der Waals surface area (Å²) in [4.78, 5) is 15.0. The smallest absolute Gasteiger partial charge is 0.254 e. The van der Waals surface area contributed by atoms with Crippen LogP contribution in [0.4, 0.5) is 0 Å². The Labute approximate surface area is 188 Å². The van der Waals surface area contributed by atoms with Gasteiger partial charge in [0.05, 0.1) is 9.77 Å². The fourth-order valence-corrected chi connectivity index (χ4v) is 7.18. The molecule has 2 aliphatic heterocycles. The van der Waals surface area contributed by atoms with Crippen molar-refractivity contribution in [1.82, 2.24) is 9.21 Å². The highest BCUT2D eigenvalue weighted by molar-refractivity contribution is 9.10. The predicted molar refractivity (Wildman–Crippen MR) is 120 cm³/mol. The molecule has 0 bridgehead atoms. The molecule has 5 nitrogen and oxygen atoms in total. The minimum Gasteiger partial charge on any atom is -0.323 e. The highest BCUT2D eigenvalue weighted by atomic mass is 79.9. The number of thioether (sulfide) groups is 1. The van der Waals surface area contributed by atoms with E-state index in [1.165, 1.54) is 16.4 Å². The maximum Gasteiger partial charge on any atom is 0.254 e. The van der Waals surface area contributed by atoms with E-state index in [4.69, 9.17) is 11.6 Å². The highest BCUT2D eigenvalue weighted by Crippen LogP contribution is 2.45. The lowest BCUT2D eigenvalue weighted by molar-refractivity contribution is 0.0605. The van der Waals surface area contributed by atoms with Gasteiger partial charge in [0, 0.05) is 40.4 Å². The van der Waals surface area contributed by atoms with E-state index >= 15 is 0 Å². The van der Waals surface area contributed by atoms with E-state index in [1.54, 1.807) is 23.9 Å². The number of carbonyl (C=O) groups is 1. The van der Waals surface area contributed by atoms with Crippen molar-refractivity contribution in [2.75, 3.05) is 25.4 Å². The van der Waals surface area contributed by atoms with Crippen molar-refractivity contribution in [2.24, 2.45) is 0 Å². The van der Waals surface area contributed by atoms with Crippen molar-refractivity contribution in [3.8, 4) is 0 Å². The lowest BCUT2D eigenvalue weighted by Gasteiger charge is -2.43. The fourth-order valence-electron chi connectivity index (χ4n) is 3.89. The maximum atomic E-state index is 13.1. The second-order valence-electron chi connectivity index (χ2n) is 7.12. The Balaban J connectivity index is 1.50. The van der Waals surface area contributed by atoms with Crippen molar-refractivity contribution in [3.63, 3.8) is 0 Å². The van der Waals surface area contributed by atoms with Crippen LogP contribution in [0.2, 0.25) is 5.02 Å². The van der Waals surface area contributed by atoms with E-state index in [1.807, 2.05) is 29.2 Å². The van der Waals surface area contributed by atoms with Crippen LogP contribution in [0.1, 0.15) is 23.2 Å². The zero-order valence-electron chi connectivity index (χ0n) is 15.6. The van der Waals surface area contributed by atoms with Gasteiger partial charge in [-0.1, -0.05) is 27.5 Å². The summed E-state index contributed by atoms with van der Waals surface area (Å²) >= 11 is 11.0. The molecule has 2 heterocycles. The van der Waals surface area contributed by atoms with E-state index in [0.29, 0.717) is 43.1 Å². The van der Waals surface area contributed by atoms with Crippen molar-refractivity contribution in [1.29, 1.82) is 0 Å². The van der Waals surface area contributed by atoms with Gasteiger partial charge in [0.1, 0.15) is 0 Å². The third-order valence-corrected chi connectivity index (χ3v) is 9.72. The molecule has 0 radical (unpaired) electrons. The first-order chi connectivity index (χ1) is 13.8. The molecule has 154 valence electrons. The second kappa shape index (κ2) is 8.23. The number of rotatable bonds is 3. The van der Waals surface area contributed by atoms with Gasteiger partial charge >= 0.3 is 0 Å². The van der Waals surface area contributed by atoms with E-state index in [9.17, 15) is 13.2 Å². The zero-order valence-corrected chi connectivity index (χ0v) is 19.5. The van der Waals surface area contributed by atoms with Crippen molar-refractivity contribution in [3.05, 3.63) is 63.6 Å². The third-order valence-electron chi connectivity index (χ3n) is 5.47. The summed E-state index contributed by atoms with van der Waals surface area (Å²) in [6, 6.07) is 13.6. The van der Waals surface area contributed by atoms with E-state index in [-0.39, 0.29) is 15.7 Å². The topological polar surface area (TPSA) is 57.7 Å². The molecule has 2 aromatic rings. The molecule has 1 spiro atoms. The molecule has 2 saturated heterocycles. The van der Waals surface area contributed by atoms with Crippen LogP contribution in [-0.4, -0.2) is 53.8 Å². The zero-order chi connectivity index (χ0) is 20.6. The second-order valence-corrected chi connectivity index (χ2v) is 11.9. The van der Waals surface area contributed by atoms with Crippen LogP contribution in [0.15, 0.2) is 57.9 Å². The molecule has 0 N–H and O–H groups in total. The van der Waals surface area contributed by atoms with Crippen molar-refractivity contribution in [2.45, 2.75) is 22.6 Å². The molecule has 0 aliphatic carbocycles. The molecule has 2 fully saturated rings. The van der Waals surface area contributed by atoms with Gasteiger partial charge < -0.3 is 4.90 Å². The Kier molecular flexibility index (Phi) is 6.01. The van der Waals surface area contributed by atoms with Crippen LogP contribution in [-0.2, 0) is 10.0 Å². The Bertz CT molecular complexity index is 1010. The number of piperidine rings is 1. The van der Waals surface area contributed by atoms with Crippen molar-refractivity contribution < 1.29 is 13.2 Å². The average molecular weight is 516 g/mol. The highest BCUT2D eigenvalue weighted by Gasteiger charge is 2.48. The minimum atomic E-state index is -3.56. The largest absolute Gasteiger partial charge is 0.323 e. The molecule has 9 heteroatoms. The maximum absolute atomic E-state index is 13.1. The molecule has 2 aliphatic rings. The number of carbonyl (C=O) groups excluding carboxylic acids is 1. The summed E-state index contributed by atoms with van der Waals surface area (Å²) in [6.45, 7) is 1.47. The Morgan fingerprint density at radius 1 is 1.00 bits per heavy atom. The van der Waals surface area contributed by atoms with Crippen LogP contribution < -0.4 is 0 Å². The number of hydrogen-bond acceptors (Lipinski definition) is 4. The summed E-state index contributed by atoms with van der Waals surface area (Å²) < 4.78 is 28.4. The van der Waals surface area contributed by atoms with E-state index < -0.39 is 10.0 Å². The van der Waals surface area contributed by atoms with Gasteiger partial charge in [0.15, 0.2) is 0 Å². The summed E-state index contributed by atoms with van der Waals surface area (Å²) in [7, 11) is -3.56. The quantitative estimate of drug-likeness (QED) is 0.605. The molecule has 4 rings (SSSR count). The predicted octanol–water partition coefficient (Wildman–Crippen LogP) is 4.47. The first kappa shape index (κ1) is 21.2. The van der Waals surface area contributed by atoms with Crippen LogP contribution in [0.3, 0.4) is 0 Å². The van der Waals surface area contributed by atoms with Crippen LogP contribution in [0.5, 0.6) is 0 Å². The summed E-state index contributed by atoms with van der Waals surface area (Å²) in [6.07, 6.45) is 1.24. The average Bonchev–Trinajstić information content (AvgIpc) is 3.11. The van der Waals surface area contributed by atoms with Crippen LogP contribution in [0, 0.1) is 0 Å². The van der Waals surface area contributed by atoms with E-state index in [0.717, 1.165) is 10.2 Å². The molecule has 2 aromatic carbocycles. The van der Waals surface area contributed by atoms with Gasteiger partial charge in [0.2, 0.25) is 10.0 Å². The van der Waals surface area contributed by atoms with Gasteiger partial charge in [-0.3, -0.25) is 4.79 Å². The number of amides is 1. The van der Waals surface area contributed by atoms with Gasteiger partial charge in [-0.25, -0.2) is 8.42 Å². The molecule has 0 atom stereocenters. The third kappa shape index (κ3) is 4.10. The van der Waals surface area contributed by atoms with Crippen molar-refractivity contribution >= 4 is 55.2 Å². The molecule has 0 saturated carbocycles. The van der Waals surface area contributed by atoms with Crippen LogP contribution in [0.25, 0.3) is 0 Å². The van der Waals surface area contributed by atoms with Gasteiger partial charge in [-0.2, -0.15) is 4.31 Å². The fraction of sp³-hybridized carbons (Fsp3) is 0.350. The SMILES string of the molecule is O=C(c1ccc(Br)cc1)N1CCSC12CCN(S(=O)(=O)c1ccc(Cl)cc1)CC2. The normalized spacial score (nSPS) is 19.6. The summed E-state index contributed by atoms with van der Waals surface area (Å²) in [5, 5.41) is 0.506. The van der Waals surface area contributed by atoms with Gasteiger partial charge in [-0.15, -0.1) is 11.8 Å². The van der Waals surface area contributed by atoms with Gasteiger partial charge in [-0.05, 0) is 61.4 Å². The minimum absolute atomic E-state index is 0.0107. The lowest BCUT2D eigenvalue weighted by Crippen LogP contribution is -2.53. The Morgan fingerprint density at radius 3 is 2.24 bits per heavy atom. The first-order valence-electron chi connectivity index (χ1n) is 9.29. The Morgan fingerprint density at radius 2 is 1.62 bits per heavy atom. The lowest BCUT2D eigenvalue weighted by atomic mass is 10.0. The van der Waals surface area contributed by atoms with Gasteiger partial charge in [0.25, 0.3) is 5.91 Å². The summed E-state index contributed by atoms with van der Waals surface area (Å²) in [5.41, 5.74) is 0.659. The van der Waals surface area contributed by atoms with E-state index in [2.05, 4.69) is 15.9 Å². The number of sulfonamides is 1. The number of hydrogen-bond donors (Lipinski definition) is 0. The standard InChI is InChI=1S/C20H20BrClN2O3S2/c21-16-3-1-15(2-4-16)19(25)24-13-14-28-20(24)9-11-23(12-10-20)29(26,27)18-7-5-17(22)6-8-18/h1-8H,9-14H2. The number of benzene rings is 2. The first-order valence-corrected chi connectivity index (χ1v) is 12.9. The molecule has 0 unspecified atom stereocenters.